The van der Waals surface area contributed by atoms with Gasteiger partial charge < -0.3 is 20.1 Å². The molecule has 218 valence electrons. The number of hydrogen-bond donors (Lipinski definition) is 2. The van der Waals surface area contributed by atoms with E-state index in [4.69, 9.17) is 9.72 Å². The SMILES string of the molecule is CC(C)C(CN1CCC(Nc2nc3ccccc3n2COCCc2cccc(Br)n2)CC1)N(C(=O)O)C(C)(C)C. The molecule has 1 atom stereocenters. The number of ether oxygens (including phenoxy) is 1. The topological polar surface area (TPSA) is 95.8 Å². The van der Waals surface area contributed by atoms with Crippen LogP contribution >= 0.6 is 15.9 Å². The first kappa shape index (κ1) is 30.3. The molecule has 1 saturated heterocycles. The number of rotatable bonds is 11. The molecule has 1 amide bonds. The first-order valence-corrected chi connectivity index (χ1v) is 15.0. The van der Waals surface area contributed by atoms with E-state index in [1.165, 1.54) is 0 Å². The van der Waals surface area contributed by atoms with Crippen molar-refractivity contribution in [2.45, 2.75) is 78.2 Å². The number of hydrogen-bond acceptors (Lipinski definition) is 6. The van der Waals surface area contributed by atoms with Crippen LogP contribution in [0.4, 0.5) is 10.7 Å². The van der Waals surface area contributed by atoms with Crippen LogP contribution in [0.15, 0.2) is 47.1 Å². The smallest absolute Gasteiger partial charge is 0.408 e. The molecule has 0 radical (unpaired) electrons. The first-order chi connectivity index (χ1) is 19.0. The number of carboxylic acid groups (broad SMARTS) is 1. The van der Waals surface area contributed by atoms with Gasteiger partial charge in [-0.1, -0.05) is 32.0 Å². The molecular formula is C30H43BrN6O3. The standard InChI is InChI=1S/C30H43BrN6O3/c1-21(2)26(37(29(38)39)30(3,4)5)19-35-16-13-23(14-17-35)33-28-34-24-10-6-7-11-25(24)36(28)20-40-18-15-22-9-8-12-27(31)32-22/h6-12,21,23,26H,13-20H2,1-5H3,(H,33,34)(H,38,39). The van der Waals surface area contributed by atoms with Gasteiger partial charge in [0.2, 0.25) is 5.95 Å². The maximum Gasteiger partial charge on any atom is 0.408 e. The van der Waals surface area contributed by atoms with Crippen molar-refractivity contribution < 1.29 is 14.6 Å². The van der Waals surface area contributed by atoms with Crippen molar-refractivity contribution in [3.63, 3.8) is 0 Å². The summed E-state index contributed by atoms with van der Waals surface area (Å²) < 4.78 is 9.02. The van der Waals surface area contributed by atoms with Gasteiger partial charge in [-0.25, -0.2) is 14.8 Å². The Morgan fingerprint density at radius 1 is 1.15 bits per heavy atom. The Hall–Kier alpha value is -2.69. The lowest BCUT2D eigenvalue weighted by Gasteiger charge is -2.44. The molecule has 1 unspecified atom stereocenters. The zero-order valence-corrected chi connectivity index (χ0v) is 25.9. The summed E-state index contributed by atoms with van der Waals surface area (Å²) >= 11 is 3.43. The van der Waals surface area contributed by atoms with E-state index in [1.807, 2.05) is 57.2 Å². The van der Waals surface area contributed by atoms with Gasteiger partial charge in [0, 0.05) is 43.3 Å². The molecule has 9 nitrogen and oxygen atoms in total. The molecule has 10 heteroatoms. The van der Waals surface area contributed by atoms with Gasteiger partial charge in [-0.2, -0.15) is 0 Å². The number of carbonyl (C=O) groups is 1. The number of anilines is 1. The van der Waals surface area contributed by atoms with Crippen LogP contribution in [0.1, 0.15) is 53.2 Å². The van der Waals surface area contributed by atoms with Gasteiger partial charge in [0.05, 0.1) is 23.7 Å². The van der Waals surface area contributed by atoms with Crippen LogP contribution < -0.4 is 5.32 Å². The molecule has 0 aliphatic carbocycles. The summed E-state index contributed by atoms with van der Waals surface area (Å²) in [7, 11) is 0. The molecule has 1 aliphatic heterocycles. The minimum Gasteiger partial charge on any atom is -0.465 e. The minimum atomic E-state index is -0.850. The molecule has 2 N–H and O–H groups in total. The zero-order valence-electron chi connectivity index (χ0n) is 24.3. The molecule has 3 heterocycles. The van der Waals surface area contributed by atoms with Crippen LogP contribution in [0.2, 0.25) is 0 Å². The van der Waals surface area contributed by atoms with E-state index in [0.717, 1.165) is 66.2 Å². The van der Waals surface area contributed by atoms with E-state index in [0.29, 0.717) is 13.3 Å². The van der Waals surface area contributed by atoms with Crippen LogP contribution in [0.5, 0.6) is 0 Å². The number of pyridine rings is 1. The average molecular weight is 616 g/mol. The highest BCUT2D eigenvalue weighted by Crippen LogP contribution is 2.26. The van der Waals surface area contributed by atoms with Crippen LogP contribution in [0, 0.1) is 5.92 Å². The van der Waals surface area contributed by atoms with Gasteiger partial charge in [-0.3, -0.25) is 9.47 Å². The molecule has 1 aliphatic rings. The van der Waals surface area contributed by atoms with Crippen molar-refractivity contribution in [1.82, 2.24) is 24.3 Å². The van der Waals surface area contributed by atoms with E-state index in [1.54, 1.807) is 4.90 Å². The Kier molecular flexibility index (Phi) is 10.1. The highest BCUT2D eigenvalue weighted by molar-refractivity contribution is 9.10. The lowest BCUT2D eigenvalue weighted by atomic mass is 9.94. The second-order valence-corrected chi connectivity index (χ2v) is 12.8. The molecule has 0 saturated carbocycles. The minimum absolute atomic E-state index is 0.0597. The predicted molar refractivity (Wildman–Crippen MR) is 163 cm³/mol. The van der Waals surface area contributed by atoms with Gasteiger partial charge in [0.1, 0.15) is 11.3 Å². The number of nitrogens with one attached hydrogen (secondary N) is 1. The maximum absolute atomic E-state index is 12.1. The summed E-state index contributed by atoms with van der Waals surface area (Å²) in [5.41, 5.74) is 2.52. The number of amides is 1. The number of fused-ring (bicyclic) bond motifs is 1. The average Bonchev–Trinajstić information content (AvgIpc) is 3.23. The largest absolute Gasteiger partial charge is 0.465 e. The summed E-state index contributed by atoms with van der Waals surface area (Å²) in [5.74, 6) is 1.05. The fourth-order valence-electron chi connectivity index (χ4n) is 5.46. The van der Waals surface area contributed by atoms with Crippen LogP contribution in [0.3, 0.4) is 0 Å². The van der Waals surface area contributed by atoms with Crippen LogP contribution in [-0.4, -0.2) is 79.4 Å². The number of nitrogens with zero attached hydrogens (tertiary/aromatic N) is 5. The second kappa shape index (κ2) is 13.3. The number of piperidine rings is 1. The van der Waals surface area contributed by atoms with E-state index < -0.39 is 11.6 Å². The number of imidazole rings is 1. The van der Waals surface area contributed by atoms with Gasteiger partial charge in [0.25, 0.3) is 0 Å². The summed E-state index contributed by atoms with van der Waals surface area (Å²) in [6.45, 7) is 13.7. The maximum atomic E-state index is 12.1. The Morgan fingerprint density at radius 2 is 1.88 bits per heavy atom. The van der Waals surface area contributed by atoms with Gasteiger partial charge in [-0.15, -0.1) is 0 Å². The molecule has 3 aromatic rings. The van der Waals surface area contributed by atoms with E-state index >= 15 is 0 Å². The lowest BCUT2D eigenvalue weighted by Crippen LogP contribution is -2.57. The summed E-state index contributed by atoms with van der Waals surface area (Å²) in [4.78, 5) is 25.6. The third-order valence-electron chi connectivity index (χ3n) is 7.55. The fraction of sp³-hybridized carbons (Fsp3) is 0.567. The van der Waals surface area contributed by atoms with Crippen molar-refractivity contribution >= 4 is 39.0 Å². The van der Waals surface area contributed by atoms with Crippen molar-refractivity contribution in [3.05, 3.63) is 52.8 Å². The van der Waals surface area contributed by atoms with Crippen LogP contribution in [0.25, 0.3) is 11.0 Å². The number of aromatic nitrogens is 3. The second-order valence-electron chi connectivity index (χ2n) is 11.9. The van der Waals surface area contributed by atoms with Gasteiger partial charge in [0.15, 0.2) is 0 Å². The normalized spacial score (nSPS) is 16.0. The molecule has 1 fully saturated rings. The third kappa shape index (κ3) is 7.73. The monoisotopic (exact) mass is 614 g/mol. The Morgan fingerprint density at radius 3 is 2.52 bits per heavy atom. The molecule has 2 aromatic heterocycles. The molecule has 40 heavy (non-hydrogen) atoms. The van der Waals surface area contributed by atoms with Crippen molar-refractivity contribution in [3.8, 4) is 0 Å². The molecular weight excluding hydrogens is 572 g/mol. The van der Waals surface area contributed by atoms with E-state index in [9.17, 15) is 9.90 Å². The highest BCUT2D eigenvalue weighted by atomic mass is 79.9. The highest BCUT2D eigenvalue weighted by Gasteiger charge is 2.36. The predicted octanol–water partition coefficient (Wildman–Crippen LogP) is 6.09. The number of halogens is 1. The summed E-state index contributed by atoms with van der Waals surface area (Å²) in [5, 5.41) is 13.7. The summed E-state index contributed by atoms with van der Waals surface area (Å²) in [6.07, 6.45) is 1.81. The number of benzene rings is 1. The number of para-hydroxylation sites is 2. The van der Waals surface area contributed by atoms with Crippen molar-refractivity contribution in [1.29, 1.82) is 0 Å². The quantitative estimate of drug-likeness (QED) is 0.199. The molecule has 1 aromatic carbocycles. The Bertz CT molecular complexity index is 1270. The van der Waals surface area contributed by atoms with Crippen LogP contribution in [-0.2, 0) is 17.9 Å². The lowest BCUT2D eigenvalue weighted by molar-refractivity contribution is 0.0336. The number of likely N-dealkylation sites (tertiary alicyclic amines) is 1. The fourth-order valence-corrected chi connectivity index (χ4v) is 5.84. The van der Waals surface area contributed by atoms with Gasteiger partial charge in [-0.05, 0) is 79.7 Å². The molecule has 0 bridgehead atoms. The molecule has 4 rings (SSSR count). The summed E-state index contributed by atoms with van der Waals surface area (Å²) in [6, 6.07) is 14.3. The zero-order chi connectivity index (χ0) is 28.9. The van der Waals surface area contributed by atoms with Crippen molar-refractivity contribution in [2.75, 3.05) is 31.6 Å². The third-order valence-corrected chi connectivity index (χ3v) is 7.99. The Labute approximate surface area is 246 Å². The van der Waals surface area contributed by atoms with E-state index in [2.05, 4.69) is 55.6 Å². The van der Waals surface area contributed by atoms with Gasteiger partial charge >= 0.3 is 6.09 Å². The Balaban J connectivity index is 1.36. The first-order valence-electron chi connectivity index (χ1n) is 14.2. The van der Waals surface area contributed by atoms with Crippen molar-refractivity contribution in [2.24, 2.45) is 5.92 Å². The molecule has 0 spiro atoms. The van der Waals surface area contributed by atoms with E-state index in [-0.39, 0.29) is 18.0 Å².